The van der Waals surface area contributed by atoms with Gasteiger partial charge in [-0.25, -0.2) is 0 Å². The Hall–Kier alpha value is -0.660. The molecule has 0 aromatic carbocycles. The van der Waals surface area contributed by atoms with Gasteiger partial charge in [0.1, 0.15) is 6.04 Å². The molecule has 22 heavy (non-hydrogen) atoms. The molecule has 0 unspecified atom stereocenters. The molecule has 0 aliphatic heterocycles. The number of rotatable bonds is 7. The van der Waals surface area contributed by atoms with E-state index in [4.69, 9.17) is 0 Å². The van der Waals surface area contributed by atoms with Crippen LogP contribution < -0.4 is 4.72 Å². The van der Waals surface area contributed by atoms with Crippen LogP contribution in [0.5, 0.6) is 0 Å². The van der Waals surface area contributed by atoms with Gasteiger partial charge in [0, 0.05) is 27.2 Å². The summed E-state index contributed by atoms with van der Waals surface area (Å²) in [5, 5.41) is 0. The van der Waals surface area contributed by atoms with Crippen LogP contribution in [0.25, 0.3) is 0 Å². The molecule has 1 saturated carbocycles. The van der Waals surface area contributed by atoms with Crippen LogP contribution in [0.4, 0.5) is 0 Å². The van der Waals surface area contributed by atoms with E-state index in [2.05, 4.69) is 4.72 Å². The van der Waals surface area contributed by atoms with Gasteiger partial charge in [0.25, 0.3) is 10.2 Å². The predicted octanol–water partition coefficient (Wildman–Crippen LogP) is 1.59. The van der Waals surface area contributed by atoms with Gasteiger partial charge in [-0.1, -0.05) is 33.1 Å². The molecule has 130 valence electrons. The Morgan fingerprint density at radius 3 is 2.14 bits per heavy atom. The molecule has 0 radical (unpaired) electrons. The first kappa shape index (κ1) is 19.4. The summed E-state index contributed by atoms with van der Waals surface area (Å²) in [4.78, 5) is 13.7. The van der Waals surface area contributed by atoms with Crippen molar-refractivity contribution >= 4 is 16.1 Å². The average Bonchev–Trinajstić information content (AvgIpc) is 2.45. The minimum Gasteiger partial charge on any atom is -0.347 e. The van der Waals surface area contributed by atoms with E-state index in [9.17, 15) is 13.2 Å². The van der Waals surface area contributed by atoms with E-state index in [1.165, 1.54) is 15.6 Å². The largest absolute Gasteiger partial charge is 0.347 e. The predicted molar refractivity (Wildman–Crippen MR) is 88.6 cm³/mol. The zero-order valence-corrected chi connectivity index (χ0v) is 15.3. The molecule has 0 aromatic heterocycles. The van der Waals surface area contributed by atoms with Crippen LogP contribution in [-0.4, -0.2) is 56.8 Å². The first-order chi connectivity index (χ1) is 10.1. The van der Waals surface area contributed by atoms with Crippen molar-refractivity contribution in [3.63, 3.8) is 0 Å². The summed E-state index contributed by atoms with van der Waals surface area (Å²) < 4.78 is 29.2. The Labute approximate surface area is 135 Å². The van der Waals surface area contributed by atoms with Gasteiger partial charge in [-0.05, 0) is 25.2 Å². The molecule has 7 heteroatoms. The van der Waals surface area contributed by atoms with Gasteiger partial charge in [-0.15, -0.1) is 0 Å². The highest BCUT2D eigenvalue weighted by atomic mass is 32.2. The highest BCUT2D eigenvalue weighted by Crippen LogP contribution is 2.23. The van der Waals surface area contributed by atoms with Crippen LogP contribution in [0, 0.1) is 5.92 Å². The quantitative estimate of drug-likeness (QED) is 0.769. The van der Waals surface area contributed by atoms with Gasteiger partial charge in [0.2, 0.25) is 5.91 Å². The summed E-state index contributed by atoms with van der Waals surface area (Å²) in [7, 11) is 1.26. The van der Waals surface area contributed by atoms with Crippen molar-refractivity contribution in [1.29, 1.82) is 0 Å². The lowest BCUT2D eigenvalue weighted by Gasteiger charge is -2.32. The molecule has 6 nitrogen and oxygen atoms in total. The third-order valence-electron chi connectivity index (χ3n) is 4.21. The van der Waals surface area contributed by atoms with Crippen molar-refractivity contribution in [1.82, 2.24) is 13.9 Å². The van der Waals surface area contributed by atoms with Crippen LogP contribution in [-0.2, 0) is 15.0 Å². The fourth-order valence-electron chi connectivity index (χ4n) is 2.89. The molecular formula is C15H31N3O3S. The van der Waals surface area contributed by atoms with E-state index < -0.39 is 16.3 Å². The molecule has 1 fully saturated rings. The second-order valence-electron chi connectivity index (χ2n) is 6.85. The lowest BCUT2D eigenvalue weighted by molar-refractivity contribution is -0.130. The molecule has 0 saturated heterocycles. The zero-order chi connectivity index (χ0) is 16.9. The third-order valence-corrected chi connectivity index (χ3v) is 5.84. The molecule has 1 N–H and O–H groups in total. The van der Waals surface area contributed by atoms with Crippen molar-refractivity contribution in [3.05, 3.63) is 0 Å². The first-order valence-electron chi connectivity index (χ1n) is 8.11. The Kier molecular flexibility index (Phi) is 7.28. The number of nitrogens with zero attached hydrogens (tertiary/aromatic N) is 2. The van der Waals surface area contributed by atoms with Crippen molar-refractivity contribution in [2.24, 2.45) is 5.92 Å². The number of amides is 1. The van der Waals surface area contributed by atoms with Gasteiger partial charge in [-0.3, -0.25) is 4.79 Å². The molecule has 0 bridgehead atoms. The SMILES string of the molecule is CC(C)C[C@H](NS(=O)(=O)N(C)C1CCCCC1)C(=O)N(C)C. The normalized spacial score (nSPS) is 18.7. The van der Waals surface area contributed by atoms with Gasteiger partial charge in [0.15, 0.2) is 0 Å². The van der Waals surface area contributed by atoms with Crippen LogP contribution in [0.3, 0.4) is 0 Å². The van der Waals surface area contributed by atoms with Crippen LogP contribution in [0.15, 0.2) is 0 Å². The summed E-state index contributed by atoms with van der Waals surface area (Å²) in [5.74, 6) is 0.0332. The Bertz CT molecular complexity index is 457. The molecule has 0 aromatic rings. The number of nitrogens with one attached hydrogen (secondary N) is 1. The van der Waals surface area contributed by atoms with E-state index in [0.29, 0.717) is 6.42 Å². The fraction of sp³-hybridized carbons (Fsp3) is 0.933. The van der Waals surface area contributed by atoms with Crippen molar-refractivity contribution < 1.29 is 13.2 Å². The lowest BCUT2D eigenvalue weighted by atomic mass is 9.96. The Morgan fingerprint density at radius 1 is 1.14 bits per heavy atom. The molecule has 1 rings (SSSR count). The molecule has 1 atom stereocenters. The monoisotopic (exact) mass is 333 g/mol. The molecule has 1 aliphatic rings. The van der Waals surface area contributed by atoms with Crippen molar-refractivity contribution in [2.45, 2.75) is 64.5 Å². The molecule has 0 spiro atoms. The number of likely N-dealkylation sites (N-methyl/N-ethyl adjacent to an activating group) is 1. The molecule has 0 heterocycles. The van der Waals surface area contributed by atoms with Crippen LogP contribution in [0.2, 0.25) is 0 Å². The summed E-state index contributed by atoms with van der Waals surface area (Å²) >= 11 is 0. The van der Waals surface area contributed by atoms with Gasteiger partial charge < -0.3 is 4.90 Å². The number of carbonyl (C=O) groups excluding carboxylic acids is 1. The number of carbonyl (C=O) groups is 1. The van der Waals surface area contributed by atoms with E-state index in [-0.39, 0.29) is 17.9 Å². The minimum absolute atomic E-state index is 0.0420. The van der Waals surface area contributed by atoms with Crippen LogP contribution >= 0.6 is 0 Å². The van der Waals surface area contributed by atoms with Crippen molar-refractivity contribution in [3.8, 4) is 0 Å². The maximum absolute atomic E-state index is 12.6. The maximum atomic E-state index is 12.6. The van der Waals surface area contributed by atoms with Crippen LogP contribution in [0.1, 0.15) is 52.4 Å². The Balaban J connectivity index is 2.82. The maximum Gasteiger partial charge on any atom is 0.280 e. The third kappa shape index (κ3) is 5.52. The standard InChI is InChI=1S/C15H31N3O3S/c1-12(2)11-14(15(19)17(3)4)16-22(20,21)18(5)13-9-7-6-8-10-13/h12-14,16H,6-11H2,1-5H3/t14-/m0/s1. The summed E-state index contributed by atoms with van der Waals surface area (Å²) in [6.07, 6.45) is 5.59. The second kappa shape index (κ2) is 8.26. The molecule has 1 amide bonds. The van der Waals surface area contributed by atoms with Gasteiger partial charge in [-0.2, -0.15) is 17.4 Å². The first-order valence-corrected chi connectivity index (χ1v) is 9.55. The fourth-order valence-corrected chi connectivity index (χ4v) is 4.21. The smallest absolute Gasteiger partial charge is 0.280 e. The second-order valence-corrected chi connectivity index (χ2v) is 8.61. The highest BCUT2D eigenvalue weighted by Gasteiger charge is 2.32. The van der Waals surface area contributed by atoms with E-state index in [1.54, 1.807) is 21.1 Å². The topological polar surface area (TPSA) is 69.7 Å². The lowest BCUT2D eigenvalue weighted by Crippen LogP contribution is -2.53. The Morgan fingerprint density at radius 2 is 1.68 bits per heavy atom. The molecular weight excluding hydrogens is 302 g/mol. The minimum atomic E-state index is -3.65. The number of hydrogen-bond acceptors (Lipinski definition) is 3. The van der Waals surface area contributed by atoms with Gasteiger partial charge in [0.05, 0.1) is 0 Å². The zero-order valence-electron chi connectivity index (χ0n) is 14.5. The summed E-state index contributed by atoms with van der Waals surface area (Å²) in [5.41, 5.74) is 0. The van der Waals surface area contributed by atoms with Gasteiger partial charge >= 0.3 is 0 Å². The number of hydrogen-bond donors (Lipinski definition) is 1. The average molecular weight is 333 g/mol. The summed E-state index contributed by atoms with van der Waals surface area (Å²) in [6.45, 7) is 3.96. The highest BCUT2D eigenvalue weighted by molar-refractivity contribution is 7.87. The van der Waals surface area contributed by atoms with E-state index >= 15 is 0 Å². The van der Waals surface area contributed by atoms with Crippen molar-refractivity contribution in [2.75, 3.05) is 21.1 Å². The van der Waals surface area contributed by atoms with E-state index in [0.717, 1.165) is 25.7 Å². The summed E-state index contributed by atoms with van der Waals surface area (Å²) in [6, 6.07) is -0.661. The van der Waals surface area contributed by atoms with E-state index in [1.807, 2.05) is 13.8 Å². The molecule has 1 aliphatic carbocycles.